The van der Waals surface area contributed by atoms with Crippen molar-refractivity contribution in [2.24, 2.45) is 0 Å². The number of hydrogen-bond donors (Lipinski definition) is 0. The number of aromatic nitrogens is 5. The number of hydrogen-bond acceptors (Lipinski definition) is 3. The maximum atomic E-state index is 5.30. The summed E-state index contributed by atoms with van der Waals surface area (Å²) in [6.45, 7) is 0. The first-order valence-electron chi connectivity index (χ1n) is 23.0. The van der Waals surface area contributed by atoms with Gasteiger partial charge in [0.2, 0.25) is 0 Å². The van der Waals surface area contributed by atoms with E-state index in [1.165, 1.54) is 38.1 Å². The van der Waals surface area contributed by atoms with Crippen molar-refractivity contribution >= 4 is 43.6 Å². The molecule has 5 heteroatoms. The molecule has 0 spiro atoms. The van der Waals surface area contributed by atoms with Crippen LogP contribution in [0.1, 0.15) is 0 Å². The maximum absolute atomic E-state index is 5.30. The van der Waals surface area contributed by atoms with E-state index in [1.807, 2.05) is 18.2 Å². The van der Waals surface area contributed by atoms with Crippen LogP contribution in [0.5, 0.6) is 0 Å². The van der Waals surface area contributed by atoms with Gasteiger partial charge in [-0.25, -0.2) is 15.0 Å². The van der Waals surface area contributed by atoms with Crippen LogP contribution in [0, 0.1) is 0 Å². The predicted octanol–water partition coefficient (Wildman–Crippen LogP) is 16.1. The van der Waals surface area contributed by atoms with Gasteiger partial charge in [-0.2, -0.15) is 0 Å². The molecule has 0 amide bonds. The van der Waals surface area contributed by atoms with Gasteiger partial charge in [-0.05, 0) is 64.7 Å². The Labute approximate surface area is 393 Å². The molecule has 0 bridgehead atoms. The highest BCUT2D eigenvalue weighted by molar-refractivity contribution is 6.11. The second-order valence-electron chi connectivity index (χ2n) is 17.2. The SMILES string of the molecule is c1ccc(-c2ccc(-n3c4ccccc4c4ccccc43)c(-c3ccc(-c4nc(-c5ccccc5)nc(-c5ccc(-c6ccccc6)c(-n6c7ccccc7c7ccccc76)c5)n4)cc3)c2)cc1. The van der Waals surface area contributed by atoms with E-state index in [-0.39, 0.29) is 0 Å². The summed E-state index contributed by atoms with van der Waals surface area (Å²) < 4.78 is 4.79. The fraction of sp³-hybridized carbons (Fsp3) is 0. The molecule has 5 nitrogen and oxygen atoms in total. The molecule has 13 rings (SSSR count). The normalized spacial score (nSPS) is 11.5. The quantitative estimate of drug-likeness (QED) is 0.153. The Kier molecular flexibility index (Phi) is 9.43. The molecule has 318 valence electrons. The zero-order valence-electron chi connectivity index (χ0n) is 36.9. The van der Waals surface area contributed by atoms with Crippen molar-refractivity contribution in [1.82, 2.24) is 24.1 Å². The Morgan fingerprint density at radius 3 is 1.09 bits per heavy atom. The van der Waals surface area contributed by atoms with E-state index >= 15 is 0 Å². The molecule has 68 heavy (non-hydrogen) atoms. The van der Waals surface area contributed by atoms with Crippen LogP contribution in [0.2, 0.25) is 0 Å². The molecule has 0 unspecified atom stereocenters. The fourth-order valence-corrected chi connectivity index (χ4v) is 10.0. The van der Waals surface area contributed by atoms with Crippen LogP contribution in [0.15, 0.2) is 249 Å². The zero-order valence-corrected chi connectivity index (χ0v) is 36.9. The lowest BCUT2D eigenvalue weighted by Gasteiger charge is -2.17. The summed E-state index contributed by atoms with van der Waals surface area (Å²) in [6.07, 6.45) is 0. The van der Waals surface area contributed by atoms with Crippen LogP contribution in [-0.4, -0.2) is 24.1 Å². The van der Waals surface area contributed by atoms with E-state index in [1.54, 1.807) is 0 Å². The monoisotopic (exact) mass is 867 g/mol. The van der Waals surface area contributed by atoms with Gasteiger partial charge in [-0.15, -0.1) is 0 Å². The van der Waals surface area contributed by atoms with Crippen LogP contribution < -0.4 is 0 Å². The molecular weight excluding hydrogens is 827 g/mol. The molecule has 10 aromatic carbocycles. The van der Waals surface area contributed by atoms with E-state index in [2.05, 4.69) is 240 Å². The van der Waals surface area contributed by atoms with Crippen molar-refractivity contribution in [3.05, 3.63) is 249 Å². The Morgan fingerprint density at radius 2 is 0.574 bits per heavy atom. The summed E-state index contributed by atoms with van der Waals surface area (Å²) in [4.78, 5) is 15.7. The van der Waals surface area contributed by atoms with Gasteiger partial charge in [0.05, 0.1) is 33.4 Å². The fourth-order valence-electron chi connectivity index (χ4n) is 10.0. The van der Waals surface area contributed by atoms with Gasteiger partial charge < -0.3 is 9.13 Å². The number of rotatable bonds is 8. The van der Waals surface area contributed by atoms with Crippen LogP contribution >= 0.6 is 0 Å². The van der Waals surface area contributed by atoms with Gasteiger partial charge in [0.1, 0.15) is 0 Å². The highest BCUT2D eigenvalue weighted by Crippen LogP contribution is 2.41. The second-order valence-corrected chi connectivity index (χ2v) is 17.2. The van der Waals surface area contributed by atoms with Gasteiger partial charge in [0, 0.05) is 49.4 Å². The van der Waals surface area contributed by atoms with Gasteiger partial charge in [0.25, 0.3) is 0 Å². The smallest absolute Gasteiger partial charge is 0.164 e. The molecule has 0 saturated heterocycles. The Balaban J connectivity index is 0.979. The Morgan fingerprint density at radius 1 is 0.221 bits per heavy atom. The van der Waals surface area contributed by atoms with Crippen molar-refractivity contribution in [1.29, 1.82) is 0 Å². The minimum absolute atomic E-state index is 0.601. The molecule has 13 aromatic rings. The zero-order chi connectivity index (χ0) is 45.0. The average Bonchev–Trinajstić information content (AvgIpc) is 3.94. The molecular formula is C63H41N5. The maximum Gasteiger partial charge on any atom is 0.164 e. The third-order valence-corrected chi connectivity index (χ3v) is 13.2. The molecule has 0 radical (unpaired) electrons. The molecule has 0 saturated carbocycles. The molecule has 3 heterocycles. The summed E-state index contributed by atoms with van der Waals surface area (Å²) in [7, 11) is 0. The first-order valence-corrected chi connectivity index (χ1v) is 23.0. The summed E-state index contributed by atoms with van der Waals surface area (Å²) >= 11 is 0. The third kappa shape index (κ3) is 6.68. The summed E-state index contributed by atoms with van der Waals surface area (Å²) in [5.41, 5.74) is 16.3. The van der Waals surface area contributed by atoms with Crippen LogP contribution in [0.4, 0.5) is 0 Å². The first kappa shape index (κ1) is 39.2. The van der Waals surface area contributed by atoms with E-state index in [0.29, 0.717) is 17.5 Å². The van der Waals surface area contributed by atoms with Gasteiger partial charge in [-0.1, -0.05) is 206 Å². The molecule has 3 aromatic heterocycles. The van der Waals surface area contributed by atoms with Crippen LogP contribution in [-0.2, 0) is 0 Å². The van der Waals surface area contributed by atoms with Crippen molar-refractivity contribution in [2.45, 2.75) is 0 Å². The van der Waals surface area contributed by atoms with E-state index in [9.17, 15) is 0 Å². The molecule has 0 aliphatic heterocycles. The molecule has 0 aliphatic rings. The number of benzene rings is 10. The Hall–Kier alpha value is -9.19. The molecule has 0 atom stereocenters. The summed E-state index contributed by atoms with van der Waals surface area (Å²) in [6, 6.07) is 88.2. The van der Waals surface area contributed by atoms with Crippen molar-refractivity contribution in [3.8, 4) is 78.9 Å². The van der Waals surface area contributed by atoms with Crippen LogP contribution in [0.3, 0.4) is 0 Å². The van der Waals surface area contributed by atoms with Gasteiger partial charge >= 0.3 is 0 Å². The second kappa shape index (κ2) is 16.4. The van der Waals surface area contributed by atoms with Crippen molar-refractivity contribution in [2.75, 3.05) is 0 Å². The molecule has 0 aliphatic carbocycles. The lowest BCUT2D eigenvalue weighted by Crippen LogP contribution is -2.02. The standard InChI is InChI=1S/C63H41N5/c1-4-18-42(19-5-1)47-37-39-59(67-55-28-14-10-24-50(55)51-25-11-15-29-56(51)67)54(40-47)44-32-34-46(35-33-44)62-64-61(45-22-8-3-9-23-45)65-63(66-62)48-36-38-49(43-20-6-2-7-21-43)60(41-48)68-57-30-16-12-26-52(57)53-27-13-17-31-58(53)68/h1-41H. The Bertz CT molecular complexity index is 3900. The van der Waals surface area contributed by atoms with Crippen molar-refractivity contribution < 1.29 is 0 Å². The minimum atomic E-state index is 0.601. The highest BCUT2D eigenvalue weighted by atomic mass is 15.0. The van der Waals surface area contributed by atoms with E-state index in [0.717, 1.165) is 66.9 Å². The third-order valence-electron chi connectivity index (χ3n) is 13.2. The van der Waals surface area contributed by atoms with E-state index < -0.39 is 0 Å². The summed E-state index contributed by atoms with van der Waals surface area (Å²) in [5.74, 6) is 1.82. The van der Waals surface area contributed by atoms with Crippen LogP contribution in [0.25, 0.3) is 123 Å². The topological polar surface area (TPSA) is 48.5 Å². The number of fused-ring (bicyclic) bond motifs is 6. The highest BCUT2D eigenvalue weighted by Gasteiger charge is 2.20. The van der Waals surface area contributed by atoms with Crippen molar-refractivity contribution in [3.63, 3.8) is 0 Å². The number of para-hydroxylation sites is 4. The predicted molar refractivity (Wildman–Crippen MR) is 281 cm³/mol. The number of nitrogens with zero attached hydrogens (tertiary/aromatic N) is 5. The molecule has 0 N–H and O–H groups in total. The first-order chi connectivity index (χ1) is 33.7. The van der Waals surface area contributed by atoms with E-state index in [4.69, 9.17) is 15.0 Å². The lowest BCUT2D eigenvalue weighted by atomic mass is 9.96. The minimum Gasteiger partial charge on any atom is -0.309 e. The average molecular weight is 868 g/mol. The lowest BCUT2D eigenvalue weighted by molar-refractivity contribution is 1.07. The molecule has 0 fully saturated rings. The van der Waals surface area contributed by atoms with Gasteiger partial charge in [0.15, 0.2) is 17.5 Å². The van der Waals surface area contributed by atoms with Gasteiger partial charge in [-0.3, -0.25) is 0 Å². The summed E-state index contributed by atoms with van der Waals surface area (Å²) in [5, 5.41) is 4.87. The largest absolute Gasteiger partial charge is 0.309 e.